The molecule has 1 aliphatic rings. The van der Waals surface area contributed by atoms with E-state index in [1.165, 1.54) is 17.5 Å². The van der Waals surface area contributed by atoms with E-state index in [0.717, 1.165) is 29.6 Å². The number of nitrogens with zero attached hydrogens (tertiary/aromatic N) is 2. The lowest BCUT2D eigenvalue weighted by Crippen LogP contribution is -2.39. The highest BCUT2D eigenvalue weighted by Gasteiger charge is 2.31. The van der Waals surface area contributed by atoms with Gasteiger partial charge in [-0.2, -0.15) is 4.31 Å². The number of aryl methyl sites for hydroxylation is 1. The van der Waals surface area contributed by atoms with Gasteiger partial charge in [-0.3, -0.25) is 0 Å². The number of aromatic nitrogens is 1. The van der Waals surface area contributed by atoms with E-state index in [4.69, 9.17) is 0 Å². The lowest BCUT2D eigenvalue weighted by atomic mass is 9.97. The van der Waals surface area contributed by atoms with Crippen LogP contribution in [0.4, 0.5) is 0 Å². The molecule has 4 nitrogen and oxygen atoms in total. The van der Waals surface area contributed by atoms with Crippen LogP contribution in [-0.2, 0) is 10.0 Å². The SMILES string of the molecule is Cc1ncc(S(=O)(=O)N2CCCC(CCBr)C2)s1. The van der Waals surface area contributed by atoms with Crippen molar-refractivity contribution in [2.45, 2.75) is 30.4 Å². The van der Waals surface area contributed by atoms with Gasteiger partial charge in [0.25, 0.3) is 10.0 Å². The summed E-state index contributed by atoms with van der Waals surface area (Å²) in [6.07, 6.45) is 4.59. The lowest BCUT2D eigenvalue weighted by Gasteiger charge is -2.31. The van der Waals surface area contributed by atoms with Crippen molar-refractivity contribution in [3.8, 4) is 0 Å². The molecular formula is C11H17BrN2O2S2. The fraction of sp³-hybridized carbons (Fsp3) is 0.727. The average Bonchev–Trinajstić information content (AvgIpc) is 2.77. The Kier molecular flexibility index (Phi) is 4.80. The molecule has 0 bridgehead atoms. The zero-order valence-electron chi connectivity index (χ0n) is 10.3. The highest BCUT2D eigenvalue weighted by Crippen LogP contribution is 2.28. The van der Waals surface area contributed by atoms with Gasteiger partial charge in [0.1, 0.15) is 0 Å². The maximum Gasteiger partial charge on any atom is 0.254 e. The smallest absolute Gasteiger partial charge is 0.249 e. The summed E-state index contributed by atoms with van der Waals surface area (Å²) in [5.41, 5.74) is 0. The molecule has 1 fully saturated rings. The number of sulfonamides is 1. The second-order valence-corrected chi connectivity index (χ2v) is 8.74. The van der Waals surface area contributed by atoms with Crippen LogP contribution in [0.25, 0.3) is 0 Å². The maximum absolute atomic E-state index is 12.4. The molecule has 0 aromatic carbocycles. The van der Waals surface area contributed by atoms with Gasteiger partial charge in [-0.25, -0.2) is 13.4 Å². The Morgan fingerprint density at radius 3 is 3.00 bits per heavy atom. The molecule has 2 heterocycles. The van der Waals surface area contributed by atoms with E-state index in [2.05, 4.69) is 20.9 Å². The van der Waals surface area contributed by atoms with E-state index in [1.807, 2.05) is 6.92 Å². The van der Waals surface area contributed by atoms with Crippen LogP contribution >= 0.6 is 27.3 Å². The highest BCUT2D eigenvalue weighted by atomic mass is 79.9. The van der Waals surface area contributed by atoms with Gasteiger partial charge in [0.2, 0.25) is 0 Å². The van der Waals surface area contributed by atoms with Gasteiger partial charge >= 0.3 is 0 Å². The van der Waals surface area contributed by atoms with Crippen molar-refractivity contribution in [2.24, 2.45) is 5.92 Å². The van der Waals surface area contributed by atoms with Gasteiger partial charge in [-0.1, -0.05) is 15.9 Å². The molecule has 0 amide bonds. The number of alkyl halides is 1. The van der Waals surface area contributed by atoms with Gasteiger partial charge in [-0.05, 0) is 32.1 Å². The fourth-order valence-electron chi connectivity index (χ4n) is 2.22. The summed E-state index contributed by atoms with van der Waals surface area (Å²) < 4.78 is 26.9. The molecule has 2 rings (SSSR count). The molecule has 1 aliphatic heterocycles. The van der Waals surface area contributed by atoms with Gasteiger partial charge in [0.15, 0.2) is 4.21 Å². The Labute approximate surface area is 121 Å². The van der Waals surface area contributed by atoms with Gasteiger partial charge < -0.3 is 0 Å². The predicted octanol–water partition coefficient (Wildman–Crippen LogP) is 2.64. The van der Waals surface area contributed by atoms with Crippen molar-refractivity contribution in [2.75, 3.05) is 18.4 Å². The molecule has 0 radical (unpaired) electrons. The van der Waals surface area contributed by atoms with E-state index >= 15 is 0 Å². The predicted molar refractivity (Wildman–Crippen MR) is 76.7 cm³/mol. The first-order chi connectivity index (χ1) is 8.54. The Balaban J connectivity index is 2.15. The minimum absolute atomic E-state index is 0.375. The molecular weight excluding hydrogens is 336 g/mol. The molecule has 0 spiro atoms. The fourth-order valence-corrected chi connectivity index (χ4v) is 5.69. The monoisotopic (exact) mass is 352 g/mol. The minimum atomic E-state index is -3.32. The van der Waals surface area contributed by atoms with Crippen molar-refractivity contribution in [1.29, 1.82) is 0 Å². The number of hydrogen-bond acceptors (Lipinski definition) is 4. The molecule has 1 unspecified atom stereocenters. The number of piperidine rings is 1. The van der Waals surface area contributed by atoms with Gasteiger partial charge in [0, 0.05) is 18.4 Å². The van der Waals surface area contributed by atoms with Crippen molar-refractivity contribution in [3.63, 3.8) is 0 Å². The first-order valence-electron chi connectivity index (χ1n) is 6.02. The van der Waals surface area contributed by atoms with Crippen LogP contribution in [0, 0.1) is 12.8 Å². The van der Waals surface area contributed by atoms with Crippen LogP contribution in [-0.4, -0.2) is 36.1 Å². The van der Waals surface area contributed by atoms with E-state index in [1.54, 1.807) is 4.31 Å². The van der Waals surface area contributed by atoms with Crippen LogP contribution in [0.5, 0.6) is 0 Å². The minimum Gasteiger partial charge on any atom is -0.249 e. The van der Waals surface area contributed by atoms with Crippen molar-refractivity contribution >= 4 is 37.3 Å². The molecule has 18 heavy (non-hydrogen) atoms. The number of hydrogen-bond donors (Lipinski definition) is 0. The topological polar surface area (TPSA) is 50.3 Å². The van der Waals surface area contributed by atoms with Crippen molar-refractivity contribution < 1.29 is 8.42 Å². The van der Waals surface area contributed by atoms with Crippen molar-refractivity contribution in [3.05, 3.63) is 11.2 Å². The van der Waals surface area contributed by atoms with E-state index in [9.17, 15) is 8.42 Å². The summed E-state index contributed by atoms with van der Waals surface area (Å²) in [6, 6.07) is 0. The van der Waals surface area contributed by atoms with Crippen LogP contribution in [0.3, 0.4) is 0 Å². The first-order valence-corrected chi connectivity index (χ1v) is 9.40. The summed E-state index contributed by atoms with van der Waals surface area (Å²) in [6.45, 7) is 3.11. The molecule has 7 heteroatoms. The van der Waals surface area contributed by atoms with E-state index in [0.29, 0.717) is 23.2 Å². The van der Waals surface area contributed by atoms with Crippen LogP contribution < -0.4 is 0 Å². The normalized spacial score (nSPS) is 22.2. The summed E-state index contributed by atoms with van der Waals surface area (Å²) in [4.78, 5) is 4.04. The zero-order valence-corrected chi connectivity index (χ0v) is 13.5. The second kappa shape index (κ2) is 5.98. The van der Waals surface area contributed by atoms with E-state index in [-0.39, 0.29) is 0 Å². The average molecular weight is 353 g/mol. The summed E-state index contributed by atoms with van der Waals surface area (Å²) in [5, 5.41) is 1.73. The Bertz CT molecular complexity index is 499. The highest BCUT2D eigenvalue weighted by molar-refractivity contribution is 9.09. The third-order valence-electron chi connectivity index (χ3n) is 3.19. The summed E-state index contributed by atoms with van der Waals surface area (Å²) in [7, 11) is -3.32. The Morgan fingerprint density at radius 2 is 2.39 bits per heavy atom. The van der Waals surface area contributed by atoms with Crippen molar-refractivity contribution in [1.82, 2.24) is 9.29 Å². The Hall–Kier alpha value is 0.0200. The number of halogens is 1. The quantitative estimate of drug-likeness (QED) is 0.782. The standard InChI is InChI=1S/C11H17BrN2O2S2/c1-9-13-7-11(17-9)18(15,16)14-6-2-3-10(8-14)4-5-12/h7,10H,2-6,8H2,1H3. The van der Waals surface area contributed by atoms with Crippen LogP contribution in [0.15, 0.2) is 10.4 Å². The number of thiazole rings is 1. The third kappa shape index (κ3) is 3.12. The molecule has 1 aromatic rings. The maximum atomic E-state index is 12.4. The summed E-state index contributed by atoms with van der Waals surface area (Å²) >= 11 is 4.68. The van der Waals surface area contributed by atoms with Gasteiger partial charge in [-0.15, -0.1) is 11.3 Å². The molecule has 1 aromatic heterocycles. The zero-order chi connectivity index (χ0) is 13.2. The van der Waals surface area contributed by atoms with Gasteiger partial charge in [0.05, 0.1) is 11.2 Å². The molecule has 102 valence electrons. The molecule has 1 atom stereocenters. The summed E-state index contributed by atoms with van der Waals surface area (Å²) in [5.74, 6) is 0.474. The molecule has 0 N–H and O–H groups in total. The molecule has 1 saturated heterocycles. The number of rotatable bonds is 4. The lowest BCUT2D eigenvalue weighted by molar-refractivity contribution is 0.263. The second-order valence-electron chi connectivity index (χ2n) is 4.55. The molecule has 0 saturated carbocycles. The molecule has 0 aliphatic carbocycles. The third-order valence-corrected chi connectivity index (χ3v) is 6.87. The van der Waals surface area contributed by atoms with Crippen LogP contribution in [0.1, 0.15) is 24.3 Å². The van der Waals surface area contributed by atoms with Crippen LogP contribution in [0.2, 0.25) is 0 Å². The first kappa shape index (κ1) is 14.4. The Morgan fingerprint density at radius 1 is 1.61 bits per heavy atom. The largest absolute Gasteiger partial charge is 0.254 e. The van der Waals surface area contributed by atoms with E-state index < -0.39 is 10.0 Å².